The van der Waals surface area contributed by atoms with E-state index in [2.05, 4.69) is 58.2 Å². The maximum atomic E-state index is 11.2. The third-order valence-electron chi connectivity index (χ3n) is 4.00. The van der Waals surface area contributed by atoms with Gasteiger partial charge in [0.25, 0.3) is 0 Å². The Bertz CT molecular complexity index is 1060. The first-order valence-electron chi connectivity index (χ1n) is 8.66. The molecule has 0 saturated carbocycles. The lowest BCUT2D eigenvalue weighted by Crippen LogP contribution is -2.16. The van der Waals surface area contributed by atoms with E-state index in [4.69, 9.17) is 5.14 Å². The van der Waals surface area contributed by atoms with Crippen molar-refractivity contribution in [1.29, 1.82) is 0 Å². The number of primary sulfonamides is 1. The van der Waals surface area contributed by atoms with Crippen LogP contribution < -0.4 is 5.14 Å². The highest BCUT2D eigenvalue weighted by atomic mass is 79.9. The Labute approximate surface area is 177 Å². The zero-order valence-corrected chi connectivity index (χ0v) is 18.8. The van der Waals surface area contributed by atoms with Crippen LogP contribution in [-0.4, -0.2) is 34.7 Å². The van der Waals surface area contributed by atoms with Crippen LogP contribution in [0.2, 0.25) is 0 Å². The van der Waals surface area contributed by atoms with Crippen LogP contribution in [0, 0.1) is 13.8 Å². The van der Waals surface area contributed by atoms with Crippen LogP contribution in [0.1, 0.15) is 17.5 Å². The highest BCUT2D eigenvalue weighted by Gasteiger charge is 2.17. The summed E-state index contributed by atoms with van der Waals surface area (Å²) in [6.07, 6.45) is 0.455. The molecule has 0 fully saturated rings. The van der Waals surface area contributed by atoms with Crippen LogP contribution in [0.5, 0.6) is 0 Å². The molecular weight excluding hydrogens is 460 g/mol. The van der Waals surface area contributed by atoms with E-state index in [0.29, 0.717) is 12.2 Å². The number of nitrogens with zero attached hydrogens (tertiary/aromatic N) is 3. The van der Waals surface area contributed by atoms with Crippen LogP contribution in [0.25, 0.3) is 17.1 Å². The number of halogens is 1. The summed E-state index contributed by atoms with van der Waals surface area (Å²) in [6, 6.07) is 14.2. The van der Waals surface area contributed by atoms with Gasteiger partial charge >= 0.3 is 0 Å². The topological polar surface area (TPSA) is 90.9 Å². The predicted octanol–water partition coefficient (Wildman–Crippen LogP) is 4.08. The Morgan fingerprint density at radius 2 is 1.71 bits per heavy atom. The number of benzene rings is 2. The molecule has 28 heavy (non-hydrogen) atoms. The largest absolute Gasteiger partial charge is 0.270 e. The van der Waals surface area contributed by atoms with E-state index >= 15 is 0 Å². The maximum Gasteiger partial charge on any atom is 0.209 e. The van der Waals surface area contributed by atoms with Crippen LogP contribution >= 0.6 is 27.7 Å². The van der Waals surface area contributed by atoms with Gasteiger partial charge in [-0.2, -0.15) is 0 Å². The van der Waals surface area contributed by atoms with Crippen molar-refractivity contribution >= 4 is 37.7 Å². The number of aromatic nitrogens is 3. The minimum atomic E-state index is -3.45. The molecule has 2 N–H and O–H groups in total. The molecule has 1 aromatic heterocycles. The maximum absolute atomic E-state index is 11.2. The molecule has 0 unspecified atom stereocenters. The molecule has 0 aliphatic carbocycles. The molecule has 1 heterocycles. The van der Waals surface area contributed by atoms with Crippen LogP contribution in [-0.2, 0) is 10.0 Å². The lowest BCUT2D eigenvalue weighted by atomic mass is 10.1. The molecule has 3 aromatic rings. The van der Waals surface area contributed by atoms with Gasteiger partial charge in [-0.1, -0.05) is 45.9 Å². The summed E-state index contributed by atoms with van der Waals surface area (Å²) in [5, 5.41) is 14.6. The van der Waals surface area contributed by atoms with Crippen molar-refractivity contribution in [3.8, 4) is 17.1 Å². The summed E-state index contributed by atoms with van der Waals surface area (Å²) in [5.74, 6) is 1.28. The first kappa shape index (κ1) is 21.0. The minimum Gasteiger partial charge on any atom is -0.270 e. The Morgan fingerprint density at radius 1 is 1.07 bits per heavy atom. The molecule has 3 rings (SSSR count). The minimum absolute atomic E-state index is 0.0444. The van der Waals surface area contributed by atoms with E-state index < -0.39 is 10.0 Å². The van der Waals surface area contributed by atoms with Crippen LogP contribution in [0.3, 0.4) is 0 Å². The molecule has 148 valence electrons. The Balaban J connectivity index is 1.99. The van der Waals surface area contributed by atoms with Gasteiger partial charge in [-0.3, -0.25) is 4.57 Å². The van der Waals surface area contributed by atoms with Gasteiger partial charge in [-0.05, 0) is 55.7 Å². The lowest BCUT2D eigenvalue weighted by Gasteiger charge is -2.12. The Hall–Kier alpha value is -1.68. The molecule has 0 aliphatic rings. The summed E-state index contributed by atoms with van der Waals surface area (Å²) >= 11 is 4.93. The highest BCUT2D eigenvalue weighted by Crippen LogP contribution is 2.30. The average molecular weight is 481 g/mol. The van der Waals surface area contributed by atoms with Gasteiger partial charge in [0.1, 0.15) is 0 Å². The smallest absolute Gasteiger partial charge is 0.209 e. The van der Waals surface area contributed by atoms with Crippen molar-refractivity contribution in [3.05, 3.63) is 58.1 Å². The second-order valence-electron chi connectivity index (χ2n) is 6.56. The highest BCUT2D eigenvalue weighted by molar-refractivity contribution is 9.10. The normalized spacial score (nSPS) is 11.7. The molecule has 6 nitrogen and oxygen atoms in total. The standard InChI is InChI=1S/C19H21BrN4O2S2/c1-13-10-14(2)12-17(11-13)24-18(15-4-6-16(20)7-5-15)22-23-19(24)27-8-3-9-28(21,25)26/h4-7,10-12H,3,8-9H2,1-2H3,(H2,21,25,26). The molecule has 9 heteroatoms. The average Bonchev–Trinajstić information content (AvgIpc) is 3.01. The fraction of sp³-hybridized carbons (Fsp3) is 0.263. The second kappa shape index (κ2) is 8.77. The van der Waals surface area contributed by atoms with Gasteiger partial charge in [-0.15, -0.1) is 10.2 Å². The quantitative estimate of drug-likeness (QED) is 0.406. The number of hydrogen-bond acceptors (Lipinski definition) is 5. The predicted molar refractivity (Wildman–Crippen MR) is 117 cm³/mol. The van der Waals surface area contributed by atoms with Gasteiger partial charge in [-0.25, -0.2) is 13.6 Å². The van der Waals surface area contributed by atoms with Crippen molar-refractivity contribution in [3.63, 3.8) is 0 Å². The van der Waals surface area contributed by atoms with E-state index in [0.717, 1.165) is 37.8 Å². The summed E-state index contributed by atoms with van der Waals surface area (Å²) in [5.41, 5.74) is 4.23. The van der Waals surface area contributed by atoms with Gasteiger partial charge in [0.2, 0.25) is 10.0 Å². The third-order valence-corrected chi connectivity index (χ3v) is 6.41. The monoisotopic (exact) mass is 480 g/mol. The van der Waals surface area contributed by atoms with E-state index in [9.17, 15) is 8.42 Å². The van der Waals surface area contributed by atoms with Gasteiger partial charge < -0.3 is 0 Å². The summed E-state index contributed by atoms with van der Waals surface area (Å²) < 4.78 is 25.3. The second-order valence-corrected chi connectivity index (χ2v) is 10.3. The first-order valence-corrected chi connectivity index (χ1v) is 12.2. The third kappa shape index (κ3) is 5.44. The van der Waals surface area contributed by atoms with Crippen molar-refractivity contribution in [1.82, 2.24) is 14.8 Å². The van der Waals surface area contributed by atoms with Gasteiger partial charge in [0.05, 0.1) is 11.4 Å². The zero-order chi connectivity index (χ0) is 20.3. The van der Waals surface area contributed by atoms with E-state index in [1.807, 2.05) is 28.8 Å². The van der Waals surface area contributed by atoms with Crippen molar-refractivity contribution in [2.45, 2.75) is 25.4 Å². The molecule has 0 amide bonds. The number of hydrogen-bond donors (Lipinski definition) is 1. The van der Waals surface area contributed by atoms with Crippen molar-refractivity contribution < 1.29 is 8.42 Å². The number of nitrogens with two attached hydrogens (primary N) is 1. The van der Waals surface area contributed by atoms with Crippen LogP contribution in [0.4, 0.5) is 0 Å². The van der Waals surface area contributed by atoms with Crippen molar-refractivity contribution in [2.24, 2.45) is 5.14 Å². The van der Waals surface area contributed by atoms with Crippen molar-refractivity contribution in [2.75, 3.05) is 11.5 Å². The van der Waals surface area contributed by atoms with Crippen LogP contribution in [0.15, 0.2) is 52.1 Å². The molecule has 0 bridgehead atoms. The molecule has 0 spiro atoms. The molecule has 2 aromatic carbocycles. The summed E-state index contributed by atoms with van der Waals surface area (Å²) in [7, 11) is -3.45. The summed E-state index contributed by atoms with van der Waals surface area (Å²) in [6.45, 7) is 4.11. The Kier molecular flexibility index (Phi) is 6.59. The number of aryl methyl sites for hydroxylation is 2. The molecular formula is C19H21BrN4O2S2. The number of thioether (sulfide) groups is 1. The first-order chi connectivity index (χ1) is 13.2. The SMILES string of the molecule is Cc1cc(C)cc(-n2c(SCCCS(N)(=O)=O)nnc2-c2ccc(Br)cc2)c1. The number of rotatable bonds is 7. The Morgan fingerprint density at radius 3 is 2.32 bits per heavy atom. The summed E-state index contributed by atoms with van der Waals surface area (Å²) in [4.78, 5) is 0. The fourth-order valence-corrected chi connectivity index (χ4v) is 4.77. The van der Waals surface area contributed by atoms with E-state index in [1.165, 1.54) is 11.8 Å². The lowest BCUT2D eigenvalue weighted by molar-refractivity contribution is 0.596. The molecule has 0 atom stereocenters. The number of sulfonamides is 1. The molecule has 0 aliphatic heterocycles. The van der Waals surface area contributed by atoms with E-state index in [1.54, 1.807) is 0 Å². The molecule has 0 saturated heterocycles. The fourth-order valence-electron chi connectivity index (χ4n) is 2.89. The molecule has 0 radical (unpaired) electrons. The van der Waals surface area contributed by atoms with Gasteiger partial charge in [0, 0.05) is 15.8 Å². The van der Waals surface area contributed by atoms with E-state index in [-0.39, 0.29) is 5.75 Å². The zero-order valence-electron chi connectivity index (χ0n) is 15.6. The van der Waals surface area contributed by atoms with Gasteiger partial charge in [0.15, 0.2) is 11.0 Å².